The van der Waals surface area contributed by atoms with Gasteiger partial charge in [0.05, 0.1) is 5.69 Å². The Morgan fingerprint density at radius 3 is 1.85 bits per heavy atom. The Kier molecular flexibility index (Phi) is 5.04. The van der Waals surface area contributed by atoms with Gasteiger partial charge in [0.15, 0.2) is 11.6 Å². The van der Waals surface area contributed by atoms with E-state index in [0.717, 1.165) is 0 Å². The zero-order valence-corrected chi connectivity index (χ0v) is 14.2. The average Bonchev–Trinajstić information content (AvgIpc) is 2.69. The number of nitrogens with one attached hydrogen (secondary N) is 1. The van der Waals surface area contributed by atoms with E-state index in [4.69, 9.17) is 0 Å². The fourth-order valence-electron chi connectivity index (χ4n) is 2.59. The monoisotopic (exact) mass is 343 g/mol. The normalized spacial score (nSPS) is 10.2. The molecule has 0 saturated heterocycles. The molecule has 0 aliphatic rings. The third-order valence-electron chi connectivity index (χ3n) is 3.99. The van der Waals surface area contributed by atoms with Crippen LogP contribution >= 0.6 is 0 Å². The van der Waals surface area contributed by atoms with Crippen LogP contribution in [0.5, 0.6) is 0 Å². The maximum Gasteiger partial charge on any atom is 0.255 e. The van der Waals surface area contributed by atoms with Crippen molar-refractivity contribution in [3.8, 4) is 0 Å². The van der Waals surface area contributed by atoms with E-state index in [9.17, 15) is 14.4 Å². The Morgan fingerprint density at radius 2 is 1.27 bits per heavy atom. The van der Waals surface area contributed by atoms with Crippen LogP contribution in [0.25, 0.3) is 0 Å². The molecule has 0 fully saturated rings. The number of amides is 1. The fraction of sp³-hybridized carbons (Fsp3) is 0.0455. The minimum absolute atomic E-state index is 0.145. The Labute approximate surface area is 151 Å². The summed E-state index contributed by atoms with van der Waals surface area (Å²) in [5.74, 6) is -0.714. The topological polar surface area (TPSA) is 63.2 Å². The molecule has 0 radical (unpaired) electrons. The average molecular weight is 343 g/mol. The van der Waals surface area contributed by atoms with Crippen LogP contribution in [0.15, 0.2) is 78.9 Å². The summed E-state index contributed by atoms with van der Waals surface area (Å²) in [4.78, 5) is 37.1. The van der Waals surface area contributed by atoms with Crippen LogP contribution < -0.4 is 5.32 Å². The van der Waals surface area contributed by atoms with E-state index in [1.165, 1.54) is 13.0 Å². The molecule has 26 heavy (non-hydrogen) atoms. The molecule has 0 aliphatic heterocycles. The number of rotatable bonds is 5. The number of carbonyl (C=O) groups excluding carboxylic acids is 3. The van der Waals surface area contributed by atoms with Gasteiger partial charge in [-0.2, -0.15) is 0 Å². The number of ketones is 2. The fourth-order valence-corrected chi connectivity index (χ4v) is 2.59. The van der Waals surface area contributed by atoms with Gasteiger partial charge in [-0.05, 0) is 37.3 Å². The minimum atomic E-state index is -0.316. The number of anilines is 1. The molecule has 0 bridgehead atoms. The van der Waals surface area contributed by atoms with E-state index >= 15 is 0 Å². The van der Waals surface area contributed by atoms with E-state index in [1.54, 1.807) is 60.7 Å². The molecule has 128 valence electrons. The van der Waals surface area contributed by atoms with Crippen molar-refractivity contribution in [2.45, 2.75) is 6.92 Å². The molecule has 3 rings (SSSR count). The largest absolute Gasteiger partial charge is 0.321 e. The number of hydrogen-bond donors (Lipinski definition) is 1. The Balaban J connectivity index is 2.00. The highest BCUT2D eigenvalue weighted by molar-refractivity contribution is 6.16. The predicted molar refractivity (Wildman–Crippen MR) is 101 cm³/mol. The zero-order valence-electron chi connectivity index (χ0n) is 14.2. The van der Waals surface area contributed by atoms with Crippen LogP contribution in [-0.4, -0.2) is 17.5 Å². The zero-order chi connectivity index (χ0) is 18.5. The highest BCUT2D eigenvalue weighted by Crippen LogP contribution is 2.22. The highest BCUT2D eigenvalue weighted by Gasteiger charge is 2.17. The van der Waals surface area contributed by atoms with Gasteiger partial charge in [0.1, 0.15) is 0 Å². The Hall–Kier alpha value is -3.53. The van der Waals surface area contributed by atoms with E-state index in [0.29, 0.717) is 22.4 Å². The van der Waals surface area contributed by atoms with E-state index < -0.39 is 0 Å². The molecule has 1 N–H and O–H groups in total. The van der Waals surface area contributed by atoms with E-state index in [2.05, 4.69) is 5.32 Å². The lowest BCUT2D eigenvalue weighted by molar-refractivity contribution is 0.101. The molecule has 3 aromatic carbocycles. The molecule has 0 heterocycles. The summed E-state index contributed by atoms with van der Waals surface area (Å²) < 4.78 is 0. The first-order chi connectivity index (χ1) is 12.6. The van der Waals surface area contributed by atoms with Crippen LogP contribution in [0.4, 0.5) is 5.69 Å². The second kappa shape index (κ2) is 7.57. The molecule has 0 aromatic heterocycles. The molecule has 4 heteroatoms. The molecular weight excluding hydrogens is 326 g/mol. The molecule has 3 aromatic rings. The minimum Gasteiger partial charge on any atom is -0.321 e. The summed E-state index contributed by atoms with van der Waals surface area (Å²) in [7, 11) is 0. The number of carbonyl (C=O) groups is 3. The second-order valence-corrected chi connectivity index (χ2v) is 5.83. The molecule has 4 nitrogen and oxygen atoms in total. The van der Waals surface area contributed by atoms with Gasteiger partial charge >= 0.3 is 0 Å². The maximum atomic E-state index is 12.9. The van der Waals surface area contributed by atoms with Crippen LogP contribution in [0.1, 0.15) is 43.6 Å². The molecule has 0 spiro atoms. The SMILES string of the molecule is CC(=O)c1ccc(NC(=O)c2ccccc2)c(C(=O)c2ccccc2)c1. The summed E-state index contributed by atoms with van der Waals surface area (Å²) in [6.07, 6.45) is 0. The lowest BCUT2D eigenvalue weighted by Gasteiger charge is -2.12. The lowest BCUT2D eigenvalue weighted by Crippen LogP contribution is -2.15. The van der Waals surface area contributed by atoms with Crippen molar-refractivity contribution >= 4 is 23.2 Å². The molecular formula is C22H17NO3. The quantitative estimate of drug-likeness (QED) is 0.700. The third-order valence-corrected chi connectivity index (χ3v) is 3.99. The van der Waals surface area contributed by atoms with Crippen molar-refractivity contribution < 1.29 is 14.4 Å². The Morgan fingerprint density at radius 1 is 0.692 bits per heavy atom. The van der Waals surface area contributed by atoms with Crippen molar-refractivity contribution in [1.29, 1.82) is 0 Å². The lowest BCUT2D eigenvalue weighted by atomic mass is 9.98. The first-order valence-corrected chi connectivity index (χ1v) is 8.17. The van der Waals surface area contributed by atoms with Gasteiger partial charge in [-0.1, -0.05) is 48.5 Å². The van der Waals surface area contributed by atoms with Crippen molar-refractivity contribution in [1.82, 2.24) is 0 Å². The second-order valence-electron chi connectivity index (χ2n) is 5.83. The van der Waals surface area contributed by atoms with Crippen molar-refractivity contribution in [3.63, 3.8) is 0 Å². The van der Waals surface area contributed by atoms with Crippen molar-refractivity contribution in [2.24, 2.45) is 0 Å². The van der Waals surface area contributed by atoms with Gasteiger partial charge in [-0.15, -0.1) is 0 Å². The van der Waals surface area contributed by atoms with Gasteiger partial charge in [-0.3, -0.25) is 14.4 Å². The smallest absolute Gasteiger partial charge is 0.255 e. The standard InChI is InChI=1S/C22H17NO3/c1-15(24)18-12-13-20(23-22(26)17-10-6-3-7-11-17)19(14-18)21(25)16-8-4-2-5-9-16/h2-14H,1H3,(H,23,26). The molecule has 1 amide bonds. The summed E-state index contributed by atoms with van der Waals surface area (Å²) in [5, 5.41) is 2.77. The first-order valence-electron chi connectivity index (χ1n) is 8.17. The van der Waals surface area contributed by atoms with Crippen molar-refractivity contribution in [3.05, 3.63) is 101 Å². The number of benzene rings is 3. The van der Waals surface area contributed by atoms with Crippen molar-refractivity contribution in [2.75, 3.05) is 5.32 Å². The molecule has 0 atom stereocenters. The van der Waals surface area contributed by atoms with Gasteiger partial charge in [0.25, 0.3) is 5.91 Å². The van der Waals surface area contributed by atoms with Crippen LogP contribution in [0, 0.1) is 0 Å². The van der Waals surface area contributed by atoms with Gasteiger partial charge in [-0.25, -0.2) is 0 Å². The third kappa shape index (κ3) is 3.75. The summed E-state index contributed by atoms with van der Waals surface area (Å²) in [6, 6.07) is 22.2. The van der Waals surface area contributed by atoms with Crippen LogP contribution in [-0.2, 0) is 0 Å². The maximum absolute atomic E-state index is 12.9. The first kappa shape index (κ1) is 17.3. The Bertz CT molecular complexity index is 963. The summed E-state index contributed by atoms with van der Waals surface area (Å²) in [6.45, 7) is 1.44. The van der Waals surface area contributed by atoms with Gasteiger partial charge < -0.3 is 5.32 Å². The van der Waals surface area contributed by atoms with Gasteiger partial charge in [0, 0.05) is 22.3 Å². The number of hydrogen-bond acceptors (Lipinski definition) is 3. The summed E-state index contributed by atoms with van der Waals surface area (Å²) in [5.41, 5.74) is 2.05. The predicted octanol–water partition coefficient (Wildman–Crippen LogP) is 4.37. The highest BCUT2D eigenvalue weighted by atomic mass is 16.2. The number of Topliss-reactive ketones (excluding diaryl/α,β-unsaturated/α-hetero) is 1. The molecule has 0 saturated carbocycles. The summed E-state index contributed by atoms with van der Waals surface area (Å²) >= 11 is 0. The van der Waals surface area contributed by atoms with Gasteiger partial charge in [0.2, 0.25) is 0 Å². The van der Waals surface area contributed by atoms with E-state index in [1.807, 2.05) is 12.1 Å². The molecule has 0 unspecified atom stereocenters. The van der Waals surface area contributed by atoms with Crippen LogP contribution in [0.2, 0.25) is 0 Å². The molecule has 0 aliphatic carbocycles. The van der Waals surface area contributed by atoms with E-state index in [-0.39, 0.29) is 23.0 Å². The van der Waals surface area contributed by atoms with Crippen LogP contribution in [0.3, 0.4) is 0 Å².